The largest absolute Gasteiger partial charge is 0.357 e. The van der Waals surface area contributed by atoms with E-state index >= 15 is 0 Å². The molecule has 1 aliphatic rings. The molecule has 0 saturated carbocycles. The topological polar surface area (TPSA) is 51.2 Å². The third-order valence-electron chi connectivity index (χ3n) is 4.88. The third kappa shape index (κ3) is 8.41. The summed E-state index contributed by atoms with van der Waals surface area (Å²) < 4.78 is 0. The molecule has 7 heteroatoms. The number of piperazine rings is 1. The van der Waals surface area contributed by atoms with Gasteiger partial charge in [0.15, 0.2) is 5.96 Å². The van der Waals surface area contributed by atoms with E-state index < -0.39 is 0 Å². The van der Waals surface area contributed by atoms with Gasteiger partial charge in [0.05, 0.1) is 6.54 Å². The van der Waals surface area contributed by atoms with Gasteiger partial charge in [-0.25, -0.2) is 0 Å². The Morgan fingerprint density at radius 2 is 1.62 bits per heavy atom. The standard InChI is InChI=1S/C19H39N5O.HI/c1-7-20-19(24-12-10-23(11-13-24)17(6)25)21-15-18(14-16(4)5)22(8-2)9-3;/h16,18H,7-15H2,1-6H3,(H,20,21);1H. The summed E-state index contributed by atoms with van der Waals surface area (Å²) in [7, 11) is 0. The van der Waals surface area contributed by atoms with E-state index in [0.29, 0.717) is 12.0 Å². The predicted molar refractivity (Wildman–Crippen MR) is 121 cm³/mol. The number of rotatable bonds is 8. The molecule has 0 aromatic heterocycles. The minimum atomic E-state index is 0. The maximum atomic E-state index is 11.5. The van der Waals surface area contributed by atoms with Crippen molar-refractivity contribution in [3.05, 3.63) is 0 Å². The summed E-state index contributed by atoms with van der Waals surface area (Å²) in [6.07, 6.45) is 1.17. The van der Waals surface area contributed by atoms with Crippen LogP contribution in [0.2, 0.25) is 0 Å². The lowest BCUT2D eigenvalue weighted by Crippen LogP contribution is -2.53. The molecular formula is C19H40IN5O. The zero-order valence-electron chi connectivity index (χ0n) is 17.6. The van der Waals surface area contributed by atoms with E-state index in [2.05, 4.69) is 49.7 Å². The van der Waals surface area contributed by atoms with Crippen molar-refractivity contribution >= 4 is 35.8 Å². The minimum Gasteiger partial charge on any atom is -0.357 e. The van der Waals surface area contributed by atoms with Crippen molar-refractivity contribution < 1.29 is 4.79 Å². The van der Waals surface area contributed by atoms with Crippen molar-refractivity contribution in [1.82, 2.24) is 20.0 Å². The third-order valence-corrected chi connectivity index (χ3v) is 4.88. The van der Waals surface area contributed by atoms with Crippen LogP contribution in [0.3, 0.4) is 0 Å². The second kappa shape index (κ2) is 13.6. The summed E-state index contributed by atoms with van der Waals surface area (Å²) in [6.45, 7) is 19.9. The number of halogens is 1. The number of hydrogen-bond acceptors (Lipinski definition) is 3. The van der Waals surface area contributed by atoms with Crippen molar-refractivity contribution in [2.45, 2.75) is 54.0 Å². The summed E-state index contributed by atoms with van der Waals surface area (Å²) >= 11 is 0. The molecule has 1 N–H and O–H groups in total. The number of carbonyl (C=O) groups is 1. The highest BCUT2D eigenvalue weighted by molar-refractivity contribution is 14.0. The Bertz CT molecular complexity index is 418. The molecule has 1 fully saturated rings. The Balaban J connectivity index is 0.00000625. The first-order chi connectivity index (χ1) is 11.9. The van der Waals surface area contributed by atoms with Crippen LogP contribution < -0.4 is 5.32 Å². The highest BCUT2D eigenvalue weighted by atomic mass is 127. The number of hydrogen-bond donors (Lipinski definition) is 1. The number of nitrogens with zero attached hydrogens (tertiary/aromatic N) is 4. The lowest BCUT2D eigenvalue weighted by Gasteiger charge is -2.36. The van der Waals surface area contributed by atoms with Crippen LogP contribution in [0.1, 0.15) is 48.0 Å². The number of likely N-dealkylation sites (N-methyl/N-ethyl adjacent to an activating group) is 1. The predicted octanol–water partition coefficient (Wildman–Crippen LogP) is 2.49. The molecule has 0 spiro atoms. The molecular weight excluding hydrogens is 441 g/mol. The zero-order chi connectivity index (χ0) is 18.8. The van der Waals surface area contributed by atoms with Gasteiger partial charge >= 0.3 is 0 Å². The molecule has 154 valence electrons. The maximum absolute atomic E-state index is 11.5. The summed E-state index contributed by atoms with van der Waals surface area (Å²) in [6, 6.07) is 0.488. The highest BCUT2D eigenvalue weighted by Gasteiger charge is 2.22. The second-order valence-electron chi connectivity index (χ2n) is 7.19. The Morgan fingerprint density at radius 1 is 1.08 bits per heavy atom. The molecule has 26 heavy (non-hydrogen) atoms. The first kappa shape index (κ1) is 25.4. The van der Waals surface area contributed by atoms with E-state index in [4.69, 9.17) is 4.99 Å². The van der Waals surface area contributed by atoms with Gasteiger partial charge < -0.3 is 15.1 Å². The van der Waals surface area contributed by atoms with Crippen molar-refractivity contribution in [2.75, 3.05) is 52.4 Å². The lowest BCUT2D eigenvalue weighted by molar-refractivity contribution is -0.130. The van der Waals surface area contributed by atoms with Gasteiger partial charge in [0.25, 0.3) is 0 Å². The number of nitrogens with one attached hydrogen (secondary N) is 1. The van der Waals surface area contributed by atoms with Gasteiger partial charge in [0, 0.05) is 45.7 Å². The van der Waals surface area contributed by atoms with Crippen molar-refractivity contribution in [2.24, 2.45) is 10.9 Å². The molecule has 0 aliphatic carbocycles. The van der Waals surface area contributed by atoms with Gasteiger partial charge in [0.2, 0.25) is 5.91 Å². The van der Waals surface area contributed by atoms with Crippen molar-refractivity contribution in [3.8, 4) is 0 Å². The number of aliphatic imine (C=N–C) groups is 1. The van der Waals surface area contributed by atoms with Gasteiger partial charge in [-0.05, 0) is 32.4 Å². The molecule has 1 saturated heterocycles. The SMILES string of the molecule is CCNC(=NCC(CC(C)C)N(CC)CC)N1CCN(C(C)=O)CC1.I. The first-order valence-corrected chi connectivity index (χ1v) is 9.95. The van der Waals surface area contributed by atoms with Crippen LogP contribution in [-0.2, 0) is 4.79 Å². The van der Waals surface area contributed by atoms with Gasteiger partial charge in [-0.3, -0.25) is 14.7 Å². The molecule has 0 aromatic carbocycles. The summed E-state index contributed by atoms with van der Waals surface area (Å²) in [5.74, 6) is 1.83. The number of carbonyl (C=O) groups excluding carboxylic acids is 1. The van der Waals surface area contributed by atoms with Crippen LogP contribution in [0, 0.1) is 5.92 Å². The summed E-state index contributed by atoms with van der Waals surface area (Å²) in [5.41, 5.74) is 0. The Labute approximate surface area is 177 Å². The second-order valence-corrected chi connectivity index (χ2v) is 7.19. The normalized spacial score (nSPS) is 16.7. The fraction of sp³-hybridized carbons (Fsp3) is 0.895. The number of amides is 1. The van der Waals surface area contributed by atoms with Crippen LogP contribution in [0.15, 0.2) is 4.99 Å². The quantitative estimate of drug-likeness (QED) is 0.329. The average molecular weight is 481 g/mol. The van der Waals surface area contributed by atoms with Crippen LogP contribution in [0.5, 0.6) is 0 Å². The summed E-state index contributed by atoms with van der Waals surface area (Å²) in [4.78, 5) is 23.2. The smallest absolute Gasteiger partial charge is 0.219 e. The molecule has 1 atom stereocenters. The van der Waals surface area contributed by atoms with Crippen LogP contribution in [0.25, 0.3) is 0 Å². The minimum absolute atomic E-state index is 0. The molecule has 1 aliphatic heterocycles. The van der Waals surface area contributed by atoms with E-state index in [1.807, 2.05) is 4.90 Å². The molecule has 1 unspecified atom stereocenters. The van der Waals surface area contributed by atoms with E-state index in [9.17, 15) is 4.79 Å². The van der Waals surface area contributed by atoms with Crippen LogP contribution in [-0.4, -0.2) is 85.0 Å². The molecule has 1 amide bonds. The molecule has 1 rings (SSSR count). The Morgan fingerprint density at radius 3 is 2.04 bits per heavy atom. The van der Waals surface area contributed by atoms with Crippen molar-refractivity contribution in [3.63, 3.8) is 0 Å². The van der Waals surface area contributed by atoms with Gasteiger partial charge in [-0.15, -0.1) is 24.0 Å². The fourth-order valence-electron chi connectivity index (χ4n) is 3.47. The van der Waals surface area contributed by atoms with Crippen LogP contribution in [0.4, 0.5) is 0 Å². The molecule has 0 radical (unpaired) electrons. The zero-order valence-corrected chi connectivity index (χ0v) is 20.0. The summed E-state index contributed by atoms with van der Waals surface area (Å²) in [5, 5.41) is 3.43. The van der Waals surface area contributed by atoms with E-state index in [1.165, 1.54) is 6.42 Å². The Hall–Kier alpha value is -0.570. The van der Waals surface area contributed by atoms with E-state index in [-0.39, 0.29) is 29.9 Å². The highest BCUT2D eigenvalue weighted by Crippen LogP contribution is 2.12. The maximum Gasteiger partial charge on any atom is 0.219 e. The van der Waals surface area contributed by atoms with Crippen molar-refractivity contribution in [1.29, 1.82) is 0 Å². The van der Waals surface area contributed by atoms with Gasteiger partial charge in [0.1, 0.15) is 0 Å². The van der Waals surface area contributed by atoms with Crippen LogP contribution >= 0.6 is 24.0 Å². The average Bonchev–Trinajstić information content (AvgIpc) is 2.59. The molecule has 0 bridgehead atoms. The lowest BCUT2D eigenvalue weighted by atomic mass is 10.0. The van der Waals surface area contributed by atoms with Gasteiger partial charge in [-0.1, -0.05) is 27.7 Å². The molecule has 1 heterocycles. The van der Waals surface area contributed by atoms with E-state index in [0.717, 1.165) is 58.3 Å². The Kier molecular flexibility index (Phi) is 13.3. The fourth-order valence-corrected chi connectivity index (χ4v) is 3.47. The molecule has 6 nitrogen and oxygen atoms in total. The molecule has 0 aromatic rings. The number of guanidine groups is 1. The first-order valence-electron chi connectivity index (χ1n) is 9.95. The van der Waals surface area contributed by atoms with Gasteiger partial charge in [-0.2, -0.15) is 0 Å². The van der Waals surface area contributed by atoms with E-state index in [1.54, 1.807) is 6.92 Å². The monoisotopic (exact) mass is 481 g/mol.